The van der Waals surface area contributed by atoms with Gasteiger partial charge >= 0.3 is 0 Å². The lowest BCUT2D eigenvalue weighted by molar-refractivity contribution is 0.618. The minimum Gasteiger partial charge on any atom is -0.207 e. The maximum absolute atomic E-state index is 12.6. The van der Waals surface area contributed by atoms with Crippen molar-refractivity contribution in [3.05, 3.63) is 35.6 Å². The van der Waals surface area contributed by atoms with Crippen molar-refractivity contribution in [2.24, 2.45) is 0 Å². The number of halogens is 2. The highest BCUT2D eigenvalue weighted by Crippen LogP contribution is 2.09. The normalized spacial score (nSPS) is 7.54. The van der Waals surface area contributed by atoms with Gasteiger partial charge in [-0.1, -0.05) is 61.8 Å². The van der Waals surface area contributed by atoms with E-state index < -0.39 is 0 Å². The van der Waals surface area contributed by atoms with Gasteiger partial charge in [-0.25, -0.2) is 4.39 Å². The minimum atomic E-state index is -0.144. The molecular weight excluding hydrogens is 231 g/mol. The van der Waals surface area contributed by atoms with Crippen LogP contribution in [0, 0.1) is 5.82 Å². The van der Waals surface area contributed by atoms with E-state index in [9.17, 15) is 4.39 Å². The lowest BCUT2D eigenvalue weighted by Gasteiger charge is -1.93. The summed E-state index contributed by atoms with van der Waals surface area (Å²) in [6.07, 6.45) is 0. The standard InChI is InChI=1S/C7H6BrF.2C2H6/c8-5-6-3-1-2-4-7(6)9;2*1-2/h1-4H,5H2;2*1-2H3. The molecule has 1 rings (SSSR count). The maximum atomic E-state index is 12.6. The topological polar surface area (TPSA) is 0 Å². The number of alkyl halides is 1. The van der Waals surface area contributed by atoms with Crippen LogP contribution in [-0.4, -0.2) is 0 Å². The first-order valence-electron chi connectivity index (χ1n) is 4.64. The highest BCUT2D eigenvalue weighted by molar-refractivity contribution is 9.08. The van der Waals surface area contributed by atoms with E-state index in [2.05, 4.69) is 15.9 Å². The summed E-state index contributed by atoms with van der Waals surface area (Å²) in [7, 11) is 0. The molecule has 2 heteroatoms. The molecule has 0 bridgehead atoms. The Morgan fingerprint density at radius 2 is 1.54 bits per heavy atom. The quantitative estimate of drug-likeness (QED) is 0.628. The van der Waals surface area contributed by atoms with Gasteiger partial charge in [-0.05, 0) is 11.6 Å². The Labute approximate surface area is 89.3 Å². The van der Waals surface area contributed by atoms with Crippen LogP contribution in [-0.2, 0) is 5.33 Å². The molecular formula is C11H18BrF. The van der Waals surface area contributed by atoms with Gasteiger partial charge in [-0.3, -0.25) is 0 Å². The van der Waals surface area contributed by atoms with E-state index in [0.29, 0.717) is 10.9 Å². The molecule has 0 saturated heterocycles. The first-order chi connectivity index (χ1) is 6.34. The molecule has 0 aromatic heterocycles. The summed E-state index contributed by atoms with van der Waals surface area (Å²) in [5.41, 5.74) is 0.706. The monoisotopic (exact) mass is 248 g/mol. The van der Waals surface area contributed by atoms with Crippen molar-refractivity contribution in [3.63, 3.8) is 0 Å². The molecule has 76 valence electrons. The van der Waals surface area contributed by atoms with E-state index >= 15 is 0 Å². The molecule has 13 heavy (non-hydrogen) atoms. The summed E-state index contributed by atoms with van der Waals surface area (Å²) in [6, 6.07) is 6.71. The Hall–Kier alpha value is -0.370. The second-order valence-corrected chi connectivity index (χ2v) is 2.29. The zero-order valence-electron chi connectivity index (χ0n) is 8.77. The van der Waals surface area contributed by atoms with Crippen LogP contribution in [0.4, 0.5) is 4.39 Å². The zero-order valence-corrected chi connectivity index (χ0v) is 10.4. The molecule has 0 aliphatic rings. The van der Waals surface area contributed by atoms with Crippen molar-refractivity contribution in [1.29, 1.82) is 0 Å². The van der Waals surface area contributed by atoms with Crippen molar-refractivity contribution in [2.75, 3.05) is 0 Å². The van der Waals surface area contributed by atoms with Crippen molar-refractivity contribution in [3.8, 4) is 0 Å². The molecule has 1 aromatic carbocycles. The minimum absolute atomic E-state index is 0.144. The lowest BCUT2D eigenvalue weighted by atomic mass is 10.2. The van der Waals surface area contributed by atoms with Crippen LogP contribution in [0.2, 0.25) is 0 Å². The molecule has 0 aliphatic carbocycles. The Morgan fingerprint density at radius 1 is 1.08 bits per heavy atom. The maximum Gasteiger partial charge on any atom is 0.127 e. The fraction of sp³-hybridized carbons (Fsp3) is 0.455. The van der Waals surface area contributed by atoms with Crippen LogP contribution in [0.15, 0.2) is 24.3 Å². The summed E-state index contributed by atoms with van der Waals surface area (Å²) in [4.78, 5) is 0. The molecule has 0 amide bonds. The third kappa shape index (κ3) is 6.76. The fourth-order valence-electron chi connectivity index (χ4n) is 0.607. The van der Waals surface area contributed by atoms with Crippen LogP contribution in [0.3, 0.4) is 0 Å². The van der Waals surface area contributed by atoms with Crippen LogP contribution in [0.1, 0.15) is 33.3 Å². The molecule has 0 saturated carbocycles. The number of benzene rings is 1. The van der Waals surface area contributed by atoms with E-state index in [0.717, 1.165) is 0 Å². The Balaban J connectivity index is 0. The molecule has 1 aromatic rings. The number of rotatable bonds is 1. The molecule has 0 unspecified atom stereocenters. The lowest BCUT2D eigenvalue weighted by Crippen LogP contribution is -1.81. The van der Waals surface area contributed by atoms with E-state index in [1.54, 1.807) is 12.1 Å². The molecule has 0 aliphatic heterocycles. The highest BCUT2D eigenvalue weighted by Gasteiger charge is 1.94. The van der Waals surface area contributed by atoms with Gasteiger partial charge in [0.25, 0.3) is 0 Å². The van der Waals surface area contributed by atoms with Gasteiger partial charge in [-0.2, -0.15) is 0 Å². The van der Waals surface area contributed by atoms with Crippen LogP contribution in [0.25, 0.3) is 0 Å². The number of hydrogen-bond acceptors (Lipinski definition) is 0. The molecule has 0 nitrogen and oxygen atoms in total. The third-order valence-electron chi connectivity index (χ3n) is 1.10. The van der Waals surface area contributed by atoms with Gasteiger partial charge in [0.1, 0.15) is 5.82 Å². The smallest absolute Gasteiger partial charge is 0.127 e. The van der Waals surface area contributed by atoms with Gasteiger partial charge in [0.05, 0.1) is 0 Å². The van der Waals surface area contributed by atoms with Crippen molar-refractivity contribution < 1.29 is 4.39 Å². The van der Waals surface area contributed by atoms with Crippen LogP contribution in [0.5, 0.6) is 0 Å². The predicted molar refractivity (Wildman–Crippen MR) is 61.7 cm³/mol. The van der Waals surface area contributed by atoms with Gasteiger partial charge < -0.3 is 0 Å². The van der Waals surface area contributed by atoms with Gasteiger partial charge in [0.15, 0.2) is 0 Å². The van der Waals surface area contributed by atoms with E-state index in [1.807, 2.05) is 33.8 Å². The first-order valence-corrected chi connectivity index (χ1v) is 5.76. The fourth-order valence-corrected chi connectivity index (χ4v) is 1.06. The van der Waals surface area contributed by atoms with E-state index in [-0.39, 0.29) is 5.82 Å². The second-order valence-electron chi connectivity index (χ2n) is 1.73. The average molecular weight is 249 g/mol. The number of hydrogen-bond donors (Lipinski definition) is 0. The summed E-state index contributed by atoms with van der Waals surface area (Å²) >= 11 is 3.17. The van der Waals surface area contributed by atoms with Crippen LogP contribution < -0.4 is 0 Å². The van der Waals surface area contributed by atoms with Crippen molar-refractivity contribution in [1.82, 2.24) is 0 Å². The summed E-state index contributed by atoms with van der Waals surface area (Å²) in [6.45, 7) is 8.00. The Bertz CT molecular complexity index is 199. The predicted octanol–water partition coefficient (Wildman–Crippen LogP) is 4.77. The third-order valence-corrected chi connectivity index (χ3v) is 1.71. The SMILES string of the molecule is CC.CC.Fc1ccccc1CBr. The van der Waals surface area contributed by atoms with Crippen LogP contribution >= 0.6 is 15.9 Å². The molecule has 0 heterocycles. The molecule has 0 atom stereocenters. The van der Waals surface area contributed by atoms with Gasteiger partial charge in [0.2, 0.25) is 0 Å². The first kappa shape index (κ1) is 15.1. The highest BCUT2D eigenvalue weighted by atomic mass is 79.9. The molecule has 0 fully saturated rings. The zero-order chi connectivity index (χ0) is 10.7. The van der Waals surface area contributed by atoms with Crippen molar-refractivity contribution in [2.45, 2.75) is 33.0 Å². The van der Waals surface area contributed by atoms with E-state index in [1.165, 1.54) is 6.07 Å². The van der Waals surface area contributed by atoms with Gasteiger partial charge in [-0.15, -0.1) is 0 Å². The summed E-state index contributed by atoms with van der Waals surface area (Å²) in [5.74, 6) is -0.144. The molecule has 0 spiro atoms. The van der Waals surface area contributed by atoms with E-state index in [4.69, 9.17) is 0 Å². The summed E-state index contributed by atoms with van der Waals surface area (Å²) in [5, 5.41) is 0.583. The molecule has 0 radical (unpaired) electrons. The molecule has 0 N–H and O–H groups in total. The van der Waals surface area contributed by atoms with Gasteiger partial charge in [0, 0.05) is 5.33 Å². The second kappa shape index (κ2) is 11.6. The average Bonchev–Trinajstić information content (AvgIpc) is 2.24. The Morgan fingerprint density at radius 3 is 1.85 bits per heavy atom. The largest absolute Gasteiger partial charge is 0.207 e. The van der Waals surface area contributed by atoms with Crippen molar-refractivity contribution >= 4 is 15.9 Å². The Kier molecular flexibility index (Phi) is 13.5. The summed E-state index contributed by atoms with van der Waals surface area (Å²) < 4.78 is 12.6.